The number of aromatic hydroxyl groups is 1. The van der Waals surface area contributed by atoms with E-state index in [2.05, 4.69) is 0 Å². The number of carbonyl (C=O) groups is 1. The number of hydrogen-bond acceptors (Lipinski definition) is 4. The number of phenols is 1. The molecule has 0 bridgehead atoms. The molecule has 1 aromatic carbocycles. The number of ether oxygens (including phenoxy) is 2. The van der Waals surface area contributed by atoms with Gasteiger partial charge in [-0.15, -0.1) is 0 Å². The van der Waals surface area contributed by atoms with Crippen LogP contribution in [0.2, 0.25) is 0 Å². The van der Waals surface area contributed by atoms with Crippen LogP contribution in [0.15, 0.2) is 17.7 Å². The monoisotopic (exact) mass is 266 g/mol. The summed E-state index contributed by atoms with van der Waals surface area (Å²) in [5.41, 5.74) is 0.868. The molecule has 104 valence electrons. The molecule has 0 unspecified atom stereocenters. The summed E-state index contributed by atoms with van der Waals surface area (Å²) < 4.78 is 10.0. The predicted molar refractivity (Wildman–Crippen MR) is 71.7 cm³/mol. The van der Waals surface area contributed by atoms with Crippen molar-refractivity contribution in [3.8, 4) is 17.2 Å². The second kappa shape index (κ2) is 6.13. The molecule has 0 heterocycles. The van der Waals surface area contributed by atoms with Crippen LogP contribution in [0.1, 0.15) is 19.4 Å². The van der Waals surface area contributed by atoms with Gasteiger partial charge in [0, 0.05) is 5.57 Å². The summed E-state index contributed by atoms with van der Waals surface area (Å²) in [6.45, 7) is 3.60. The number of aliphatic carboxylic acids is 1. The molecular formula is C14H18O5. The number of benzene rings is 1. The molecule has 0 amide bonds. The molecule has 5 nitrogen and oxygen atoms in total. The van der Waals surface area contributed by atoms with Gasteiger partial charge in [0.2, 0.25) is 5.75 Å². The molecule has 0 saturated heterocycles. The van der Waals surface area contributed by atoms with Crippen molar-refractivity contribution in [1.82, 2.24) is 0 Å². The molecule has 0 spiro atoms. The van der Waals surface area contributed by atoms with E-state index in [9.17, 15) is 9.90 Å². The molecule has 2 N–H and O–H groups in total. The molecule has 1 rings (SSSR count). The molecule has 0 saturated carbocycles. The number of phenolic OH excluding ortho intramolecular Hbond substituents is 1. The van der Waals surface area contributed by atoms with Crippen molar-refractivity contribution in [1.29, 1.82) is 0 Å². The molecule has 19 heavy (non-hydrogen) atoms. The smallest absolute Gasteiger partial charge is 0.331 e. The standard InChI is InChI=1S/C14H18O5/c1-8(2)10(14(16)17)5-9-6-11(18-3)13(15)12(7-9)19-4/h5-8,15H,1-4H3,(H,16,17). The minimum atomic E-state index is -0.971. The zero-order valence-corrected chi connectivity index (χ0v) is 11.4. The highest BCUT2D eigenvalue weighted by atomic mass is 16.5. The Morgan fingerprint density at radius 1 is 1.21 bits per heavy atom. The molecule has 0 aromatic heterocycles. The summed E-state index contributed by atoms with van der Waals surface area (Å²) in [6.07, 6.45) is 1.54. The van der Waals surface area contributed by atoms with Crippen molar-refractivity contribution in [3.05, 3.63) is 23.3 Å². The summed E-state index contributed by atoms with van der Waals surface area (Å²) in [7, 11) is 2.84. The van der Waals surface area contributed by atoms with Crippen LogP contribution in [-0.4, -0.2) is 30.4 Å². The van der Waals surface area contributed by atoms with E-state index in [1.807, 2.05) is 0 Å². The number of methoxy groups -OCH3 is 2. The van der Waals surface area contributed by atoms with Crippen molar-refractivity contribution < 1.29 is 24.5 Å². The lowest BCUT2D eigenvalue weighted by Gasteiger charge is -2.11. The fourth-order valence-electron chi connectivity index (χ4n) is 1.65. The number of carboxylic acid groups (broad SMARTS) is 1. The van der Waals surface area contributed by atoms with E-state index in [-0.39, 0.29) is 28.7 Å². The number of carboxylic acids is 1. The van der Waals surface area contributed by atoms with Crippen molar-refractivity contribution >= 4 is 12.0 Å². The third kappa shape index (κ3) is 3.40. The molecule has 0 fully saturated rings. The van der Waals surface area contributed by atoms with Gasteiger partial charge in [-0.2, -0.15) is 0 Å². The average Bonchev–Trinajstić information content (AvgIpc) is 2.36. The maximum atomic E-state index is 11.1. The van der Waals surface area contributed by atoms with Gasteiger partial charge in [-0.05, 0) is 29.7 Å². The van der Waals surface area contributed by atoms with E-state index in [0.717, 1.165) is 0 Å². The van der Waals surface area contributed by atoms with Gasteiger partial charge in [-0.3, -0.25) is 0 Å². The lowest BCUT2D eigenvalue weighted by atomic mass is 10.00. The predicted octanol–water partition coefficient (Wildman–Crippen LogP) is 2.53. The summed E-state index contributed by atoms with van der Waals surface area (Å²) in [5.74, 6) is -0.730. The Balaban J connectivity index is 3.35. The molecule has 0 aliphatic heterocycles. The second-order valence-corrected chi connectivity index (χ2v) is 4.33. The van der Waals surface area contributed by atoms with E-state index >= 15 is 0 Å². The molecule has 0 radical (unpaired) electrons. The molecule has 0 aliphatic carbocycles. The van der Waals surface area contributed by atoms with Crippen LogP contribution in [0, 0.1) is 5.92 Å². The third-order valence-electron chi connectivity index (χ3n) is 2.69. The van der Waals surface area contributed by atoms with E-state index in [4.69, 9.17) is 14.6 Å². The fourth-order valence-corrected chi connectivity index (χ4v) is 1.65. The topological polar surface area (TPSA) is 76.0 Å². The van der Waals surface area contributed by atoms with Crippen molar-refractivity contribution in [2.24, 2.45) is 5.92 Å². The average molecular weight is 266 g/mol. The first-order chi connectivity index (χ1) is 8.90. The SMILES string of the molecule is COc1cc(C=C(C(=O)O)C(C)C)cc(OC)c1O. The molecule has 1 aromatic rings. The van der Waals surface area contributed by atoms with E-state index < -0.39 is 5.97 Å². The third-order valence-corrected chi connectivity index (χ3v) is 2.69. The highest BCUT2D eigenvalue weighted by Crippen LogP contribution is 2.37. The quantitative estimate of drug-likeness (QED) is 0.801. The maximum Gasteiger partial charge on any atom is 0.331 e. The van der Waals surface area contributed by atoms with Crippen LogP contribution in [0.25, 0.3) is 6.08 Å². The Hall–Kier alpha value is -2.17. The van der Waals surface area contributed by atoms with Gasteiger partial charge in [-0.25, -0.2) is 4.79 Å². The van der Waals surface area contributed by atoms with Gasteiger partial charge in [0.05, 0.1) is 14.2 Å². The lowest BCUT2D eigenvalue weighted by molar-refractivity contribution is -0.133. The van der Waals surface area contributed by atoms with E-state index in [0.29, 0.717) is 5.56 Å². The molecule has 0 aliphatic rings. The van der Waals surface area contributed by atoms with Crippen LogP contribution >= 0.6 is 0 Å². The first kappa shape index (κ1) is 14.9. The Morgan fingerprint density at radius 3 is 2.00 bits per heavy atom. The first-order valence-corrected chi connectivity index (χ1v) is 5.80. The summed E-state index contributed by atoms with van der Waals surface area (Å²) in [6, 6.07) is 3.12. The van der Waals surface area contributed by atoms with Gasteiger partial charge in [0.15, 0.2) is 11.5 Å². The number of rotatable bonds is 5. The second-order valence-electron chi connectivity index (χ2n) is 4.33. The minimum Gasteiger partial charge on any atom is -0.502 e. The zero-order chi connectivity index (χ0) is 14.6. The normalized spacial score (nSPS) is 11.5. The Labute approximate surface area is 112 Å². The van der Waals surface area contributed by atoms with Gasteiger partial charge in [0.1, 0.15) is 0 Å². The van der Waals surface area contributed by atoms with Crippen molar-refractivity contribution in [2.45, 2.75) is 13.8 Å². The minimum absolute atomic E-state index is 0.108. The Kier molecular flexibility index (Phi) is 4.80. The Morgan fingerprint density at radius 2 is 1.68 bits per heavy atom. The van der Waals surface area contributed by atoms with Gasteiger partial charge < -0.3 is 19.7 Å². The summed E-state index contributed by atoms with van der Waals surface area (Å²) in [4.78, 5) is 11.1. The van der Waals surface area contributed by atoms with Crippen molar-refractivity contribution in [3.63, 3.8) is 0 Å². The first-order valence-electron chi connectivity index (χ1n) is 5.80. The Bertz CT molecular complexity index is 478. The molecule has 0 atom stereocenters. The van der Waals surface area contributed by atoms with Crippen LogP contribution < -0.4 is 9.47 Å². The van der Waals surface area contributed by atoms with Gasteiger partial charge in [-0.1, -0.05) is 13.8 Å². The number of hydrogen-bond donors (Lipinski definition) is 2. The molecular weight excluding hydrogens is 248 g/mol. The van der Waals surface area contributed by atoms with Crippen LogP contribution in [0.4, 0.5) is 0 Å². The largest absolute Gasteiger partial charge is 0.502 e. The molecule has 5 heteroatoms. The lowest BCUT2D eigenvalue weighted by Crippen LogP contribution is -2.06. The van der Waals surface area contributed by atoms with E-state index in [1.54, 1.807) is 26.0 Å². The van der Waals surface area contributed by atoms with Crippen molar-refractivity contribution in [2.75, 3.05) is 14.2 Å². The fraction of sp³-hybridized carbons (Fsp3) is 0.357. The highest BCUT2D eigenvalue weighted by molar-refractivity contribution is 5.92. The van der Waals surface area contributed by atoms with Gasteiger partial charge in [0.25, 0.3) is 0 Å². The zero-order valence-electron chi connectivity index (χ0n) is 11.4. The summed E-state index contributed by atoms with van der Waals surface area (Å²) >= 11 is 0. The highest BCUT2D eigenvalue weighted by Gasteiger charge is 2.14. The maximum absolute atomic E-state index is 11.1. The van der Waals surface area contributed by atoms with E-state index in [1.165, 1.54) is 20.3 Å². The van der Waals surface area contributed by atoms with Crippen LogP contribution in [0.5, 0.6) is 17.2 Å². The van der Waals surface area contributed by atoms with Gasteiger partial charge >= 0.3 is 5.97 Å². The summed E-state index contributed by atoms with van der Waals surface area (Å²) in [5, 5.41) is 18.9. The van der Waals surface area contributed by atoms with Crippen LogP contribution in [-0.2, 0) is 4.79 Å². The van der Waals surface area contributed by atoms with Crippen LogP contribution in [0.3, 0.4) is 0 Å².